The second-order valence-electron chi connectivity index (χ2n) is 6.33. The Morgan fingerprint density at radius 3 is 2.54 bits per heavy atom. The molecule has 0 radical (unpaired) electrons. The van der Waals surface area contributed by atoms with Gasteiger partial charge in [0.15, 0.2) is 0 Å². The van der Waals surface area contributed by atoms with Crippen LogP contribution in [0, 0.1) is 0 Å². The highest BCUT2D eigenvalue weighted by atomic mass is 16.5. The lowest BCUT2D eigenvalue weighted by molar-refractivity contribution is 0.0951. The van der Waals surface area contributed by atoms with E-state index in [-0.39, 0.29) is 18.4 Å². The number of carbonyl (C=O) groups excluding carboxylic acids is 2. The number of H-pyrrole nitrogens is 1. The average molecular weight is 377 g/mol. The number of hydrogen-bond donors (Lipinski definition) is 3. The molecule has 0 bridgehead atoms. The van der Waals surface area contributed by atoms with Gasteiger partial charge in [-0.3, -0.25) is 4.79 Å². The van der Waals surface area contributed by atoms with E-state index < -0.39 is 6.09 Å². The summed E-state index contributed by atoms with van der Waals surface area (Å²) in [4.78, 5) is 27.5. The summed E-state index contributed by atoms with van der Waals surface area (Å²) in [6, 6.07) is 17.0. The monoisotopic (exact) mass is 377 g/mol. The molecule has 6 nitrogen and oxygen atoms in total. The van der Waals surface area contributed by atoms with Gasteiger partial charge < -0.3 is 20.4 Å². The highest BCUT2D eigenvalue weighted by molar-refractivity contribution is 5.94. The van der Waals surface area contributed by atoms with E-state index in [9.17, 15) is 9.59 Å². The van der Waals surface area contributed by atoms with Crippen LogP contribution in [0.1, 0.15) is 21.8 Å². The van der Waals surface area contributed by atoms with Gasteiger partial charge in [-0.05, 0) is 23.8 Å². The molecule has 0 aliphatic heterocycles. The summed E-state index contributed by atoms with van der Waals surface area (Å²) in [6.45, 7) is 4.37. The van der Waals surface area contributed by atoms with Crippen LogP contribution in [0.15, 0.2) is 73.4 Å². The van der Waals surface area contributed by atoms with Crippen molar-refractivity contribution in [3.8, 4) is 0 Å². The molecule has 3 aromatic rings. The predicted octanol–water partition coefficient (Wildman–Crippen LogP) is 3.59. The van der Waals surface area contributed by atoms with Crippen molar-refractivity contribution in [2.45, 2.75) is 5.92 Å². The minimum atomic E-state index is -0.515. The molecular formula is C22H23N3O3. The van der Waals surface area contributed by atoms with Gasteiger partial charge in [0.2, 0.25) is 0 Å². The van der Waals surface area contributed by atoms with Gasteiger partial charge >= 0.3 is 6.09 Å². The van der Waals surface area contributed by atoms with Crippen LogP contribution in [0.25, 0.3) is 10.9 Å². The van der Waals surface area contributed by atoms with Crippen molar-refractivity contribution >= 4 is 22.9 Å². The number of amides is 2. The molecule has 6 heteroatoms. The fourth-order valence-electron chi connectivity index (χ4n) is 3.02. The zero-order valence-electron chi connectivity index (χ0n) is 15.5. The topological polar surface area (TPSA) is 83.2 Å². The number of benzene rings is 2. The second-order valence-corrected chi connectivity index (χ2v) is 6.33. The van der Waals surface area contributed by atoms with Crippen LogP contribution in [0.2, 0.25) is 0 Å². The van der Waals surface area contributed by atoms with Crippen molar-refractivity contribution in [1.82, 2.24) is 15.6 Å². The summed E-state index contributed by atoms with van der Waals surface area (Å²) in [7, 11) is 0. The van der Waals surface area contributed by atoms with Gasteiger partial charge in [0.25, 0.3) is 5.91 Å². The average Bonchev–Trinajstić information content (AvgIpc) is 3.16. The van der Waals surface area contributed by atoms with Crippen LogP contribution in [0.4, 0.5) is 4.79 Å². The van der Waals surface area contributed by atoms with Crippen LogP contribution in [-0.2, 0) is 4.74 Å². The van der Waals surface area contributed by atoms with E-state index in [1.54, 1.807) is 12.1 Å². The molecule has 3 rings (SSSR count). The molecule has 1 aromatic heterocycles. The lowest BCUT2D eigenvalue weighted by atomic mass is 9.98. The van der Waals surface area contributed by atoms with Crippen molar-refractivity contribution < 1.29 is 14.3 Å². The van der Waals surface area contributed by atoms with Crippen LogP contribution in [-0.4, -0.2) is 36.7 Å². The largest absolute Gasteiger partial charge is 0.445 e. The highest BCUT2D eigenvalue weighted by Crippen LogP contribution is 2.25. The molecule has 3 N–H and O–H groups in total. The number of ether oxygens (including phenoxy) is 1. The Labute approximate surface area is 163 Å². The number of aromatic nitrogens is 1. The van der Waals surface area contributed by atoms with Crippen molar-refractivity contribution in [3.63, 3.8) is 0 Å². The summed E-state index contributed by atoms with van der Waals surface area (Å²) in [5.74, 6) is -0.278. The van der Waals surface area contributed by atoms with Gasteiger partial charge in [0, 0.05) is 41.7 Å². The number of carbonyl (C=O) groups is 2. The maximum Gasteiger partial charge on any atom is 0.407 e. The maximum atomic E-state index is 12.4. The number of fused-ring (bicyclic) bond motifs is 1. The van der Waals surface area contributed by atoms with Crippen molar-refractivity contribution in [1.29, 1.82) is 0 Å². The molecule has 28 heavy (non-hydrogen) atoms. The molecule has 0 aliphatic rings. The SMILES string of the molecule is C=CCOC(=O)NCC(CNC(=O)c1ccccc1)c1c[nH]c2ccccc12. The summed E-state index contributed by atoms with van der Waals surface area (Å²) >= 11 is 0. The zero-order valence-corrected chi connectivity index (χ0v) is 15.5. The smallest absolute Gasteiger partial charge is 0.407 e. The molecular weight excluding hydrogens is 354 g/mol. The van der Waals surface area contributed by atoms with Gasteiger partial charge in [0.05, 0.1) is 0 Å². The molecule has 0 saturated heterocycles. The molecule has 2 amide bonds. The fraction of sp³-hybridized carbons (Fsp3) is 0.182. The van der Waals surface area contributed by atoms with Gasteiger partial charge in [-0.15, -0.1) is 0 Å². The quantitative estimate of drug-likeness (QED) is 0.525. The minimum absolute atomic E-state index is 0.125. The number of aromatic amines is 1. The highest BCUT2D eigenvalue weighted by Gasteiger charge is 2.18. The molecule has 2 aromatic carbocycles. The van der Waals surface area contributed by atoms with E-state index >= 15 is 0 Å². The van der Waals surface area contributed by atoms with Crippen molar-refractivity contribution in [2.75, 3.05) is 19.7 Å². The third-order valence-corrected chi connectivity index (χ3v) is 4.43. The molecule has 0 spiro atoms. The molecule has 144 valence electrons. The normalized spacial score (nSPS) is 11.6. The Morgan fingerprint density at radius 2 is 1.75 bits per heavy atom. The number of nitrogens with one attached hydrogen (secondary N) is 3. The Balaban J connectivity index is 1.73. The zero-order chi connectivity index (χ0) is 19.8. The molecule has 0 aliphatic carbocycles. The molecule has 0 fully saturated rings. The van der Waals surface area contributed by atoms with E-state index in [2.05, 4.69) is 22.2 Å². The number of alkyl carbamates (subject to hydrolysis) is 1. The van der Waals surface area contributed by atoms with Crippen molar-refractivity contribution in [3.05, 3.63) is 84.6 Å². The Morgan fingerprint density at radius 1 is 1.04 bits per heavy atom. The second kappa shape index (κ2) is 9.41. The van der Waals surface area contributed by atoms with E-state index in [1.807, 2.05) is 48.7 Å². The van der Waals surface area contributed by atoms with Gasteiger partial charge in [-0.1, -0.05) is 49.1 Å². The van der Waals surface area contributed by atoms with E-state index in [1.165, 1.54) is 6.08 Å². The van der Waals surface area contributed by atoms with E-state index in [0.29, 0.717) is 18.7 Å². The molecule has 1 heterocycles. The summed E-state index contributed by atoms with van der Waals surface area (Å²) in [5.41, 5.74) is 2.62. The number of para-hydroxylation sites is 1. The Kier molecular flexibility index (Phi) is 6.46. The van der Waals surface area contributed by atoms with Crippen LogP contribution in [0.3, 0.4) is 0 Å². The minimum Gasteiger partial charge on any atom is -0.445 e. The molecule has 1 atom stereocenters. The van der Waals surface area contributed by atoms with Gasteiger partial charge in [-0.2, -0.15) is 0 Å². The van der Waals surface area contributed by atoms with Crippen LogP contribution < -0.4 is 10.6 Å². The number of hydrogen-bond acceptors (Lipinski definition) is 3. The van der Waals surface area contributed by atoms with E-state index in [4.69, 9.17) is 4.74 Å². The lowest BCUT2D eigenvalue weighted by Gasteiger charge is -2.18. The summed E-state index contributed by atoms with van der Waals surface area (Å²) in [6.07, 6.45) is 2.91. The maximum absolute atomic E-state index is 12.4. The first-order valence-electron chi connectivity index (χ1n) is 9.10. The molecule has 0 saturated carbocycles. The Hall–Kier alpha value is -3.54. The first-order chi connectivity index (χ1) is 13.7. The van der Waals surface area contributed by atoms with E-state index in [0.717, 1.165) is 16.5 Å². The predicted molar refractivity (Wildman–Crippen MR) is 109 cm³/mol. The van der Waals surface area contributed by atoms with Gasteiger partial charge in [-0.25, -0.2) is 4.79 Å². The standard InChI is InChI=1S/C22H23N3O3/c1-2-12-28-22(27)25-14-17(13-24-21(26)16-8-4-3-5-9-16)19-15-23-20-11-7-6-10-18(19)20/h2-11,15,17,23H,1,12-14H2,(H,24,26)(H,25,27). The van der Waals surface area contributed by atoms with Gasteiger partial charge in [0.1, 0.15) is 6.61 Å². The third-order valence-electron chi connectivity index (χ3n) is 4.43. The Bertz CT molecular complexity index is 950. The third kappa shape index (κ3) is 4.79. The van der Waals surface area contributed by atoms with Crippen LogP contribution >= 0.6 is 0 Å². The summed E-state index contributed by atoms with van der Waals surface area (Å²) in [5, 5.41) is 6.78. The summed E-state index contributed by atoms with van der Waals surface area (Å²) < 4.78 is 4.98. The van der Waals surface area contributed by atoms with Crippen molar-refractivity contribution in [2.24, 2.45) is 0 Å². The lowest BCUT2D eigenvalue weighted by Crippen LogP contribution is -2.35. The molecule has 1 unspecified atom stereocenters. The first kappa shape index (κ1) is 19.2. The fourth-order valence-corrected chi connectivity index (χ4v) is 3.02. The van der Waals surface area contributed by atoms with Crippen LogP contribution in [0.5, 0.6) is 0 Å². The number of rotatable bonds is 8. The first-order valence-corrected chi connectivity index (χ1v) is 9.10.